The van der Waals surface area contributed by atoms with Gasteiger partial charge in [-0.2, -0.15) is 11.8 Å². The minimum absolute atomic E-state index is 0.0248. The molecule has 2 aliphatic rings. The first kappa shape index (κ1) is 26.3. The van der Waals surface area contributed by atoms with Crippen LogP contribution in [-0.2, 0) is 6.54 Å². The summed E-state index contributed by atoms with van der Waals surface area (Å²) >= 11 is 1.95. The van der Waals surface area contributed by atoms with E-state index in [4.69, 9.17) is 15.2 Å². The van der Waals surface area contributed by atoms with Gasteiger partial charge in [0.2, 0.25) is 0 Å². The summed E-state index contributed by atoms with van der Waals surface area (Å²) in [5, 5.41) is 6.15. The third kappa shape index (κ3) is 6.52. The molecule has 2 unspecified atom stereocenters. The maximum absolute atomic E-state index is 13.2. The molecule has 2 atom stereocenters. The van der Waals surface area contributed by atoms with E-state index in [0.29, 0.717) is 34.9 Å². The molecule has 2 aromatic rings. The van der Waals surface area contributed by atoms with Crippen LogP contribution in [0, 0.1) is 0 Å². The van der Waals surface area contributed by atoms with Crippen LogP contribution < -0.4 is 25.8 Å². The van der Waals surface area contributed by atoms with Crippen molar-refractivity contribution >= 4 is 29.3 Å². The highest BCUT2D eigenvalue weighted by molar-refractivity contribution is 7.99. The van der Waals surface area contributed by atoms with E-state index in [0.717, 1.165) is 55.8 Å². The van der Waals surface area contributed by atoms with Crippen LogP contribution in [0.1, 0.15) is 52.0 Å². The Hall–Kier alpha value is -2.75. The van der Waals surface area contributed by atoms with Gasteiger partial charge in [-0.15, -0.1) is 0 Å². The van der Waals surface area contributed by atoms with E-state index in [-0.39, 0.29) is 23.9 Å². The lowest BCUT2D eigenvalue weighted by Gasteiger charge is -2.29. The molecule has 2 fully saturated rings. The number of ether oxygens (including phenoxy) is 2. The highest BCUT2D eigenvalue weighted by Crippen LogP contribution is 2.29. The second-order valence-electron chi connectivity index (χ2n) is 9.31. The standard InChI is InChI=1S/C27H36N4O4S/c1-34-24-10-9-19(16-25(24)35-2)27(33)30-23-15-18(26(32)29-22-6-4-3-5-21(22)28)7-8-20(23)17-31-11-13-36-14-12-31/h7-10,15-16,21-22H,3-6,11-14,17,28H2,1-2H3,(H,29,32)(H,30,33). The van der Waals surface area contributed by atoms with Crippen LogP contribution in [-0.4, -0.2) is 67.6 Å². The van der Waals surface area contributed by atoms with Crippen LogP contribution in [0.5, 0.6) is 11.5 Å². The lowest BCUT2D eigenvalue weighted by molar-refractivity contribution is 0.0920. The summed E-state index contributed by atoms with van der Waals surface area (Å²) in [6.45, 7) is 2.70. The van der Waals surface area contributed by atoms with E-state index < -0.39 is 0 Å². The van der Waals surface area contributed by atoms with Crippen molar-refractivity contribution in [3.63, 3.8) is 0 Å². The molecule has 36 heavy (non-hydrogen) atoms. The van der Waals surface area contributed by atoms with Crippen LogP contribution >= 0.6 is 11.8 Å². The number of anilines is 1. The Morgan fingerprint density at radius 2 is 1.67 bits per heavy atom. The molecule has 1 heterocycles. The van der Waals surface area contributed by atoms with Crippen molar-refractivity contribution in [2.75, 3.05) is 44.1 Å². The number of amides is 2. The molecule has 194 valence electrons. The fourth-order valence-electron chi connectivity index (χ4n) is 4.73. The summed E-state index contributed by atoms with van der Waals surface area (Å²) in [5.74, 6) is 2.77. The zero-order valence-electron chi connectivity index (χ0n) is 21.0. The van der Waals surface area contributed by atoms with Crippen molar-refractivity contribution in [1.29, 1.82) is 0 Å². The molecule has 0 bridgehead atoms. The Balaban J connectivity index is 1.57. The normalized spacial score (nSPS) is 20.4. The average molecular weight is 513 g/mol. The number of carbonyl (C=O) groups is 2. The van der Waals surface area contributed by atoms with Gasteiger partial charge >= 0.3 is 0 Å². The van der Waals surface area contributed by atoms with Crippen LogP contribution in [0.2, 0.25) is 0 Å². The number of thioether (sulfide) groups is 1. The molecule has 1 saturated heterocycles. The van der Waals surface area contributed by atoms with Crippen molar-refractivity contribution < 1.29 is 19.1 Å². The SMILES string of the molecule is COc1ccc(C(=O)Nc2cc(C(=O)NC3CCCCC3N)ccc2CN2CCSCC2)cc1OC. The topological polar surface area (TPSA) is 106 Å². The fourth-order valence-corrected chi connectivity index (χ4v) is 5.71. The molecule has 0 radical (unpaired) electrons. The molecular formula is C27H36N4O4S. The molecular weight excluding hydrogens is 476 g/mol. The van der Waals surface area contributed by atoms with Gasteiger partial charge in [-0.25, -0.2) is 0 Å². The van der Waals surface area contributed by atoms with Gasteiger partial charge in [0.1, 0.15) is 0 Å². The Labute approximate surface area is 217 Å². The van der Waals surface area contributed by atoms with Crippen molar-refractivity contribution in [3.05, 3.63) is 53.1 Å². The summed E-state index contributed by atoms with van der Waals surface area (Å²) in [5.41, 5.74) is 8.80. The van der Waals surface area contributed by atoms with E-state index >= 15 is 0 Å². The number of hydrogen-bond acceptors (Lipinski definition) is 7. The van der Waals surface area contributed by atoms with E-state index in [1.165, 1.54) is 7.11 Å². The first-order valence-corrected chi connectivity index (χ1v) is 13.7. The van der Waals surface area contributed by atoms with Gasteiger partial charge in [0.05, 0.1) is 14.2 Å². The van der Waals surface area contributed by atoms with Crippen molar-refractivity contribution in [2.45, 2.75) is 44.3 Å². The first-order valence-electron chi connectivity index (χ1n) is 12.5. The number of hydrogen-bond donors (Lipinski definition) is 3. The van der Waals surface area contributed by atoms with Crippen LogP contribution in [0.4, 0.5) is 5.69 Å². The minimum atomic E-state index is -0.279. The van der Waals surface area contributed by atoms with Crippen LogP contribution in [0.15, 0.2) is 36.4 Å². The van der Waals surface area contributed by atoms with Gasteiger partial charge in [0, 0.05) is 60.0 Å². The summed E-state index contributed by atoms with van der Waals surface area (Å²) < 4.78 is 10.6. The van der Waals surface area contributed by atoms with E-state index in [1.54, 1.807) is 31.4 Å². The first-order chi connectivity index (χ1) is 17.5. The predicted molar refractivity (Wildman–Crippen MR) is 144 cm³/mol. The number of nitrogens with zero attached hydrogens (tertiary/aromatic N) is 1. The van der Waals surface area contributed by atoms with E-state index in [2.05, 4.69) is 15.5 Å². The van der Waals surface area contributed by atoms with Gasteiger partial charge in [0.15, 0.2) is 11.5 Å². The molecule has 4 N–H and O–H groups in total. The second-order valence-corrected chi connectivity index (χ2v) is 10.5. The quantitative estimate of drug-likeness (QED) is 0.497. The minimum Gasteiger partial charge on any atom is -0.493 e. The maximum atomic E-state index is 13.2. The third-order valence-corrected chi connectivity index (χ3v) is 7.84. The van der Waals surface area contributed by atoms with E-state index in [9.17, 15) is 9.59 Å². The summed E-state index contributed by atoms with van der Waals surface area (Å²) in [6.07, 6.45) is 3.98. The third-order valence-electron chi connectivity index (χ3n) is 6.90. The lowest BCUT2D eigenvalue weighted by atomic mass is 9.91. The molecule has 1 aliphatic carbocycles. The molecule has 2 amide bonds. The molecule has 4 rings (SSSR count). The molecule has 2 aromatic carbocycles. The zero-order chi connectivity index (χ0) is 25.5. The van der Waals surface area contributed by atoms with Gasteiger partial charge in [-0.05, 0) is 48.7 Å². The summed E-state index contributed by atoms with van der Waals surface area (Å²) in [7, 11) is 3.09. The molecule has 9 heteroatoms. The molecule has 1 saturated carbocycles. The number of benzene rings is 2. The molecule has 0 spiro atoms. The second kappa shape index (κ2) is 12.5. The highest BCUT2D eigenvalue weighted by Gasteiger charge is 2.24. The van der Waals surface area contributed by atoms with Gasteiger partial charge in [0.25, 0.3) is 11.8 Å². The number of nitrogens with two attached hydrogens (primary N) is 1. The van der Waals surface area contributed by atoms with E-state index in [1.807, 2.05) is 23.9 Å². The van der Waals surface area contributed by atoms with Gasteiger partial charge in [-0.1, -0.05) is 18.9 Å². The summed E-state index contributed by atoms with van der Waals surface area (Å²) in [6, 6.07) is 10.6. The number of rotatable bonds is 8. The lowest BCUT2D eigenvalue weighted by Crippen LogP contribution is -2.49. The maximum Gasteiger partial charge on any atom is 0.255 e. The zero-order valence-corrected chi connectivity index (χ0v) is 21.9. The van der Waals surface area contributed by atoms with Crippen molar-refractivity contribution in [3.8, 4) is 11.5 Å². The summed E-state index contributed by atoms with van der Waals surface area (Å²) in [4.78, 5) is 28.7. The van der Waals surface area contributed by atoms with Gasteiger partial charge in [-0.3, -0.25) is 14.5 Å². The van der Waals surface area contributed by atoms with Crippen molar-refractivity contribution in [2.24, 2.45) is 5.73 Å². The Kier molecular flexibility index (Phi) is 9.12. The van der Waals surface area contributed by atoms with Gasteiger partial charge < -0.3 is 25.8 Å². The smallest absolute Gasteiger partial charge is 0.255 e. The predicted octanol–water partition coefficient (Wildman–Crippen LogP) is 3.50. The van der Waals surface area contributed by atoms with Crippen LogP contribution in [0.25, 0.3) is 0 Å². The van der Waals surface area contributed by atoms with Crippen molar-refractivity contribution in [1.82, 2.24) is 10.2 Å². The Bertz CT molecular complexity index is 1070. The fraction of sp³-hybridized carbons (Fsp3) is 0.481. The number of carbonyl (C=O) groups excluding carboxylic acids is 2. The number of methoxy groups -OCH3 is 2. The average Bonchev–Trinajstić information content (AvgIpc) is 2.91. The molecule has 1 aliphatic heterocycles. The Morgan fingerprint density at radius 1 is 0.972 bits per heavy atom. The highest BCUT2D eigenvalue weighted by atomic mass is 32.2. The molecule has 0 aromatic heterocycles. The van der Waals surface area contributed by atoms with Crippen LogP contribution in [0.3, 0.4) is 0 Å². The Morgan fingerprint density at radius 3 is 2.39 bits per heavy atom. The molecule has 8 nitrogen and oxygen atoms in total. The monoisotopic (exact) mass is 512 g/mol. The number of nitrogens with one attached hydrogen (secondary N) is 2. The largest absolute Gasteiger partial charge is 0.493 e.